The number of aromatic nitrogens is 1. The zero-order valence-corrected chi connectivity index (χ0v) is 11.3. The Morgan fingerprint density at radius 3 is 2.70 bits per heavy atom. The predicted octanol–water partition coefficient (Wildman–Crippen LogP) is 2.05. The highest BCUT2D eigenvalue weighted by Crippen LogP contribution is 2.01. The fourth-order valence-corrected chi connectivity index (χ4v) is 2.04. The number of carbonyl (C=O) groups is 2. The first kappa shape index (κ1) is 14.1. The molecule has 0 bridgehead atoms. The molecule has 20 heavy (non-hydrogen) atoms. The van der Waals surface area contributed by atoms with E-state index in [1.807, 2.05) is 30.3 Å². The third-order valence-corrected chi connectivity index (χ3v) is 3.14. The molecule has 0 aliphatic rings. The normalized spacial score (nSPS) is 10.2. The number of aldehydes is 1. The minimum atomic E-state index is 0.00600. The Labute approximate surface area is 118 Å². The van der Waals surface area contributed by atoms with E-state index in [-0.39, 0.29) is 5.91 Å². The van der Waals surface area contributed by atoms with Crippen LogP contribution in [0.25, 0.3) is 0 Å². The van der Waals surface area contributed by atoms with Crippen LogP contribution in [0.15, 0.2) is 48.7 Å². The topological polar surface area (TPSA) is 51.1 Å². The first-order valence-corrected chi connectivity index (χ1v) is 6.70. The van der Waals surface area contributed by atoms with E-state index >= 15 is 0 Å². The average molecular weight is 270 g/mol. The second-order valence-electron chi connectivity index (χ2n) is 4.58. The van der Waals surface area contributed by atoms with Crippen LogP contribution in [0, 0.1) is 0 Å². The number of rotatable bonds is 7. The third kappa shape index (κ3) is 4.09. The van der Waals surface area contributed by atoms with E-state index < -0.39 is 0 Å². The van der Waals surface area contributed by atoms with Crippen LogP contribution in [-0.2, 0) is 17.8 Å². The van der Waals surface area contributed by atoms with Crippen molar-refractivity contribution in [3.8, 4) is 0 Å². The number of nitrogens with zero attached hydrogens (tertiary/aromatic N) is 1. The van der Waals surface area contributed by atoms with Crippen molar-refractivity contribution >= 4 is 12.2 Å². The molecule has 4 heteroatoms. The average Bonchev–Trinajstić information content (AvgIpc) is 2.94. The summed E-state index contributed by atoms with van der Waals surface area (Å²) in [6, 6.07) is 13.6. The monoisotopic (exact) mass is 270 g/mol. The molecule has 1 N–H and O–H groups in total. The van der Waals surface area contributed by atoms with Crippen LogP contribution in [0.2, 0.25) is 0 Å². The van der Waals surface area contributed by atoms with Crippen LogP contribution in [0.3, 0.4) is 0 Å². The third-order valence-electron chi connectivity index (χ3n) is 3.14. The molecule has 1 heterocycles. The highest BCUT2D eigenvalue weighted by atomic mass is 16.1. The summed E-state index contributed by atoms with van der Waals surface area (Å²) in [6.45, 7) is 1.16. The first-order chi connectivity index (χ1) is 9.79. The van der Waals surface area contributed by atoms with Gasteiger partial charge in [0.15, 0.2) is 6.29 Å². The van der Waals surface area contributed by atoms with E-state index in [4.69, 9.17) is 0 Å². The van der Waals surface area contributed by atoms with Gasteiger partial charge >= 0.3 is 0 Å². The molecule has 104 valence electrons. The number of amides is 1. The van der Waals surface area contributed by atoms with Crippen molar-refractivity contribution in [2.75, 3.05) is 6.54 Å². The fraction of sp³-hybridized carbons (Fsp3) is 0.250. The van der Waals surface area contributed by atoms with E-state index in [0.29, 0.717) is 25.2 Å². The van der Waals surface area contributed by atoms with Crippen molar-refractivity contribution in [1.82, 2.24) is 9.88 Å². The van der Waals surface area contributed by atoms with E-state index in [1.165, 1.54) is 5.56 Å². The lowest BCUT2D eigenvalue weighted by molar-refractivity contribution is -0.121. The Morgan fingerprint density at radius 2 is 1.95 bits per heavy atom. The molecule has 0 spiro atoms. The summed E-state index contributed by atoms with van der Waals surface area (Å²) < 4.78 is 1.78. The smallest absolute Gasteiger partial charge is 0.221 e. The summed E-state index contributed by atoms with van der Waals surface area (Å²) >= 11 is 0. The first-order valence-electron chi connectivity index (χ1n) is 6.70. The van der Waals surface area contributed by atoms with Gasteiger partial charge in [-0.25, -0.2) is 0 Å². The summed E-state index contributed by atoms with van der Waals surface area (Å²) in [7, 11) is 0. The van der Waals surface area contributed by atoms with E-state index in [2.05, 4.69) is 5.32 Å². The van der Waals surface area contributed by atoms with Gasteiger partial charge in [-0.3, -0.25) is 9.59 Å². The molecular weight excluding hydrogens is 252 g/mol. The molecule has 0 aliphatic heterocycles. The molecule has 2 rings (SSSR count). The van der Waals surface area contributed by atoms with Crippen molar-refractivity contribution in [3.63, 3.8) is 0 Å². The number of hydrogen-bond acceptors (Lipinski definition) is 2. The Hall–Kier alpha value is -2.36. The van der Waals surface area contributed by atoms with Crippen LogP contribution in [-0.4, -0.2) is 23.3 Å². The predicted molar refractivity (Wildman–Crippen MR) is 77.6 cm³/mol. The number of nitrogens with one attached hydrogen (secondary N) is 1. The van der Waals surface area contributed by atoms with E-state index in [0.717, 1.165) is 12.7 Å². The maximum Gasteiger partial charge on any atom is 0.221 e. The van der Waals surface area contributed by atoms with Gasteiger partial charge in [-0.1, -0.05) is 30.3 Å². The van der Waals surface area contributed by atoms with Crippen LogP contribution < -0.4 is 5.32 Å². The highest BCUT2D eigenvalue weighted by Gasteiger charge is 2.04. The molecule has 0 atom stereocenters. The Bertz CT molecular complexity index is 561. The molecule has 2 aromatic rings. The molecule has 0 saturated carbocycles. The summed E-state index contributed by atoms with van der Waals surface area (Å²) in [5.74, 6) is 0.00600. The maximum atomic E-state index is 11.7. The summed E-state index contributed by atoms with van der Waals surface area (Å²) in [4.78, 5) is 22.5. The van der Waals surface area contributed by atoms with Crippen molar-refractivity contribution in [1.29, 1.82) is 0 Å². The minimum absolute atomic E-state index is 0.00600. The number of carbonyl (C=O) groups excluding carboxylic acids is 2. The second-order valence-corrected chi connectivity index (χ2v) is 4.58. The number of aryl methyl sites for hydroxylation is 1. The molecule has 4 nitrogen and oxygen atoms in total. The minimum Gasteiger partial charge on any atom is -0.356 e. The molecule has 0 fully saturated rings. The van der Waals surface area contributed by atoms with E-state index in [1.54, 1.807) is 22.9 Å². The standard InChI is InChI=1S/C16H18N2O2/c19-13-15-7-4-11-18(15)12-9-16(20)17-10-8-14-5-2-1-3-6-14/h1-7,11,13H,8-10,12H2,(H,17,20). The second kappa shape index (κ2) is 7.28. The molecule has 1 aromatic heterocycles. The molecule has 0 aliphatic carbocycles. The van der Waals surface area contributed by atoms with Gasteiger partial charge in [-0.05, 0) is 24.1 Å². The Morgan fingerprint density at radius 1 is 1.15 bits per heavy atom. The Balaban J connectivity index is 1.69. The molecule has 0 unspecified atom stereocenters. The van der Waals surface area contributed by atoms with Gasteiger partial charge in [-0.2, -0.15) is 0 Å². The number of benzene rings is 1. The van der Waals surface area contributed by atoms with Gasteiger partial charge in [-0.15, -0.1) is 0 Å². The van der Waals surface area contributed by atoms with Gasteiger partial charge in [0.25, 0.3) is 0 Å². The van der Waals surface area contributed by atoms with Gasteiger partial charge < -0.3 is 9.88 Å². The highest BCUT2D eigenvalue weighted by molar-refractivity contribution is 5.76. The van der Waals surface area contributed by atoms with Crippen LogP contribution in [0.4, 0.5) is 0 Å². The van der Waals surface area contributed by atoms with E-state index in [9.17, 15) is 9.59 Å². The zero-order valence-electron chi connectivity index (χ0n) is 11.3. The summed E-state index contributed by atoms with van der Waals surface area (Å²) in [5, 5.41) is 2.89. The summed E-state index contributed by atoms with van der Waals surface area (Å²) in [5.41, 5.74) is 1.81. The Kier molecular flexibility index (Phi) is 5.12. The van der Waals surface area contributed by atoms with Crippen molar-refractivity contribution in [2.45, 2.75) is 19.4 Å². The largest absolute Gasteiger partial charge is 0.356 e. The van der Waals surface area contributed by atoms with Crippen LogP contribution >= 0.6 is 0 Å². The summed E-state index contributed by atoms with van der Waals surface area (Å²) in [6.07, 6.45) is 3.81. The SMILES string of the molecule is O=Cc1cccn1CCC(=O)NCCc1ccccc1. The zero-order chi connectivity index (χ0) is 14.2. The fourth-order valence-electron chi connectivity index (χ4n) is 2.04. The van der Waals surface area contributed by atoms with Crippen molar-refractivity contribution in [2.24, 2.45) is 0 Å². The van der Waals surface area contributed by atoms with Gasteiger partial charge in [0.1, 0.15) is 0 Å². The molecule has 0 radical (unpaired) electrons. The number of hydrogen-bond donors (Lipinski definition) is 1. The maximum absolute atomic E-state index is 11.7. The van der Waals surface area contributed by atoms with Gasteiger partial charge in [0, 0.05) is 25.7 Å². The lowest BCUT2D eigenvalue weighted by Crippen LogP contribution is -2.26. The molecule has 1 aromatic carbocycles. The van der Waals surface area contributed by atoms with Gasteiger partial charge in [0.2, 0.25) is 5.91 Å². The van der Waals surface area contributed by atoms with Gasteiger partial charge in [0.05, 0.1) is 5.69 Å². The quantitative estimate of drug-likeness (QED) is 0.783. The lowest BCUT2D eigenvalue weighted by atomic mass is 10.1. The molecule has 1 amide bonds. The van der Waals surface area contributed by atoms with Crippen LogP contribution in [0.1, 0.15) is 22.5 Å². The van der Waals surface area contributed by atoms with Crippen molar-refractivity contribution in [3.05, 3.63) is 59.9 Å². The van der Waals surface area contributed by atoms with Crippen LogP contribution in [0.5, 0.6) is 0 Å². The molecule has 0 saturated heterocycles. The molecular formula is C16H18N2O2. The lowest BCUT2D eigenvalue weighted by Gasteiger charge is -2.07. The van der Waals surface area contributed by atoms with Crippen molar-refractivity contribution < 1.29 is 9.59 Å².